The lowest BCUT2D eigenvalue weighted by Crippen LogP contribution is -2.08. The third kappa shape index (κ3) is 5.00. The zero-order chi connectivity index (χ0) is 25.3. The molecule has 0 saturated carbocycles. The highest BCUT2D eigenvalue weighted by Gasteiger charge is 2.28. The Kier molecular flexibility index (Phi) is 7.07. The van der Waals surface area contributed by atoms with Crippen molar-refractivity contribution in [3.05, 3.63) is 64.8 Å². The highest BCUT2D eigenvalue weighted by atomic mass is 35.5. The van der Waals surface area contributed by atoms with E-state index in [9.17, 15) is 13.2 Å². The molecule has 0 fully saturated rings. The fourth-order valence-corrected chi connectivity index (χ4v) is 5.44. The summed E-state index contributed by atoms with van der Waals surface area (Å²) < 4.78 is 30.7. The first-order valence-corrected chi connectivity index (χ1v) is 13.9. The molecule has 0 amide bonds. The number of nitrogens with zero attached hydrogens (tertiary/aromatic N) is 4. The number of benzene rings is 2. The van der Waals surface area contributed by atoms with E-state index in [0.29, 0.717) is 21.3 Å². The number of para-hydroxylation sites is 1. The normalized spacial score (nSPS) is 11.7. The first-order chi connectivity index (χ1) is 16.6. The molecule has 11 heteroatoms. The van der Waals surface area contributed by atoms with Gasteiger partial charge in [0, 0.05) is 11.8 Å². The van der Waals surface area contributed by atoms with Crippen molar-refractivity contribution in [2.45, 2.75) is 31.6 Å². The summed E-state index contributed by atoms with van der Waals surface area (Å²) in [6.45, 7) is 6.01. The zero-order valence-corrected chi connectivity index (χ0v) is 21.9. The Morgan fingerprint density at radius 2 is 1.83 bits per heavy atom. The van der Waals surface area contributed by atoms with Gasteiger partial charge in [0.25, 0.3) is 0 Å². The number of rotatable bonds is 7. The van der Waals surface area contributed by atoms with Crippen molar-refractivity contribution in [1.82, 2.24) is 20.0 Å². The second-order valence-electron chi connectivity index (χ2n) is 8.07. The summed E-state index contributed by atoms with van der Waals surface area (Å²) in [5.74, 6) is -0.457. The third-order valence-corrected chi connectivity index (χ3v) is 7.67. The summed E-state index contributed by atoms with van der Waals surface area (Å²) >= 11 is 7.91. The Morgan fingerprint density at radius 3 is 2.51 bits per heavy atom. The SMILES string of the molecule is CCOC(=O)c1nn(-c2ccccc2C(C)C)c(-c2nnc(-c3cccc(S(C)(=O)=O)c3)s2)c1Cl. The maximum atomic E-state index is 12.6. The lowest BCUT2D eigenvalue weighted by Gasteiger charge is -2.14. The zero-order valence-electron chi connectivity index (χ0n) is 19.5. The molecule has 8 nitrogen and oxygen atoms in total. The van der Waals surface area contributed by atoms with Gasteiger partial charge >= 0.3 is 5.97 Å². The fraction of sp³-hybridized carbons (Fsp3) is 0.250. The van der Waals surface area contributed by atoms with Crippen LogP contribution in [0.5, 0.6) is 0 Å². The molecule has 0 N–H and O–H groups in total. The molecular weight excluding hydrogens is 508 g/mol. The second kappa shape index (κ2) is 9.88. The van der Waals surface area contributed by atoms with Crippen molar-refractivity contribution in [2.75, 3.05) is 12.9 Å². The van der Waals surface area contributed by atoms with Crippen LogP contribution in [0.2, 0.25) is 5.02 Å². The van der Waals surface area contributed by atoms with Crippen molar-refractivity contribution in [3.63, 3.8) is 0 Å². The van der Waals surface area contributed by atoms with E-state index in [2.05, 4.69) is 29.1 Å². The maximum absolute atomic E-state index is 12.6. The minimum atomic E-state index is -3.38. The van der Waals surface area contributed by atoms with Crippen molar-refractivity contribution >= 4 is 38.7 Å². The largest absolute Gasteiger partial charge is 0.461 e. The van der Waals surface area contributed by atoms with E-state index in [1.807, 2.05) is 24.3 Å². The van der Waals surface area contributed by atoms with Crippen molar-refractivity contribution in [1.29, 1.82) is 0 Å². The summed E-state index contributed by atoms with van der Waals surface area (Å²) in [6, 6.07) is 14.2. The van der Waals surface area contributed by atoms with Gasteiger partial charge in [-0.2, -0.15) is 5.10 Å². The first-order valence-electron chi connectivity index (χ1n) is 10.8. The summed E-state index contributed by atoms with van der Waals surface area (Å²) in [5.41, 5.74) is 2.76. The van der Waals surface area contributed by atoms with E-state index in [-0.39, 0.29) is 28.1 Å². The third-order valence-electron chi connectivity index (χ3n) is 5.22. The Labute approximate surface area is 212 Å². The van der Waals surface area contributed by atoms with Gasteiger partial charge in [-0.3, -0.25) is 0 Å². The van der Waals surface area contributed by atoms with Gasteiger partial charge < -0.3 is 4.74 Å². The van der Waals surface area contributed by atoms with Crippen LogP contribution < -0.4 is 0 Å². The quantitative estimate of drug-likeness (QED) is 0.294. The van der Waals surface area contributed by atoms with Crippen molar-refractivity contribution < 1.29 is 17.9 Å². The number of hydrogen-bond acceptors (Lipinski definition) is 8. The first kappa shape index (κ1) is 25.0. The van der Waals surface area contributed by atoms with E-state index in [0.717, 1.165) is 17.5 Å². The highest BCUT2D eigenvalue weighted by Crippen LogP contribution is 2.39. The van der Waals surface area contributed by atoms with Gasteiger partial charge in [-0.25, -0.2) is 17.9 Å². The number of carbonyl (C=O) groups excluding carboxylic acids is 1. The maximum Gasteiger partial charge on any atom is 0.360 e. The van der Waals surface area contributed by atoms with Gasteiger partial charge in [-0.15, -0.1) is 10.2 Å². The van der Waals surface area contributed by atoms with Crippen LogP contribution in [0.15, 0.2) is 53.4 Å². The van der Waals surface area contributed by atoms with Crippen molar-refractivity contribution in [2.24, 2.45) is 0 Å². The standard InChI is InChI=1S/C24H23ClN4O4S2/c1-5-33-24(30)20-19(25)21(29(28-20)18-12-7-6-11-17(18)14(2)3)23-27-26-22(34-23)15-9-8-10-16(13-15)35(4,31)32/h6-14H,5H2,1-4H3. The molecule has 2 heterocycles. The van der Waals surface area contributed by atoms with Crippen LogP contribution >= 0.6 is 22.9 Å². The molecule has 0 aliphatic heterocycles. The highest BCUT2D eigenvalue weighted by molar-refractivity contribution is 7.90. The molecule has 4 rings (SSSR count). The molecule has 182 valence electrons. The molecule has 0 saturated heterocycles. The molecule has 0 unspecified atom stereocenters. The van der Waals surface area contributed by atoms with Gasteiger partial charge in [0.05, 0.1) is 17.2 Å². The van der Waals surface area contributed by atoms with Crippen LogP contribution in [-0.4, -0.2) is 47.2 Å². The van der Waals surface area contributed by atoms with E-state index in [1.54, 1.807) is 29.8 Å². The molecule has 0 aliphatic carbocycles. The summed E-state index contributed by atoms with van der Waals surface area (Å²) in [4.78, 5) is 12.8. The predicted octanol–water partition coefficient (Wildman–Crippen LogP) is 5.41. The smallest absolute Gasteiger partial charge is 0.360 e. The van der Waals surface area contributed by atoms with Gasteiger partial charge in [0.15, 0.2) is 20.5 Å². The molecule has 2 aromatic carbocycles. The van der Waals surface area contributed by atoms with Crippen LogP contribution in [0.1, 0.15) is 42.7 Å². The minimum absolute atomic E-state index is 0.0158. The number of sulfone groups is 1. The molecule has 0 spiro atoms. The molecule has 0 bridgehead atoms. The number of hydrogen-bond donors (Lipinski definition) is 0. The van der Waals surface area contributed by atoms with Crippen LogP contribution in [-0.2, 0) is 14.6 Å². The van der Waals surface area contributed by atoms with E-state index in [1.165, 1.54) is 17.4 Å². The van der Waals surface area contributed by atoms with Crippen LogP contribution in [0.25, 0.3) is 27.0 Å². The number of halogens is 1. The summed E-state index contributed by atoms with van der Waals surface area (Å²) in [5, 5.41) is 14.1. The average Bonchev–Trinajstić information content (AvgIpc) is 3.43. The Morgan fingerprint density at radius 1 is 1.11 bits per heavy atom. The number of ether oxygens (including phenoxy) is 1. The lowest BCUT2D eigenvalue weighted by atomic mass is 10.0. The molecule has 35 heavy (non-hydrogen) atoms. The predicted molar refractivity (Wildman–Crippen MR) is 136 cm³/mol. The molecule has 0 radical (unpaired) electrons. The van der Waals surface area contributed by atoms with Crippen molar-refractivity contribution in [3.8, 4) is 27.0 Å². The molecule has 2 aromatic heterocycles. The Bertz CT molecular complexity index is 1510. The van der Waals surface area contributed by atoms with Gasteiger partial charge in [-0.05, 0) is 36.6 Å². The molecule has 4 aromatic rings. The van der Waals surface area contributed by atoms with Crippen LogP contribution in [0.4, 0.5) is 0 Å². The fourth-order valence-electron chi connectivity index (χ4n) is 3.55. The summed E-state index contributed by atoms with van der Waals surface area (Å²) in [7, 11) is -3.38. The lowest BCUT2D eigenvalue weighted by molar-refractivity contribution is 0.0519. The second-order valence-corrected chi connectivity index (χ2v) is 11.4. The Balaban J connectivity index is 1.90. The Hall–Kier alpha value is -3.08. The monoisotopic (exact) mass is 530 g/mol. The van der Waals surface area contributed by atoms with Crippen LogP contribution in [0, 0.1) is 0 Å². The number of esters is 1. The van der Waals surface area contributed by atoms with E-state index < -0.39 is 15.8 Å². The van der Waals surface area contributed by atoms with Gasteiger partial charge in [0.2, 0.25) is 0 Å². The number of carbonyl (C=O) groups is 1. The molecular formula is C24H23ClN4O4S2. The average molecular weight is 531 g/mol. The minimum Gasteiger partial charge on any atom is -0.461 e. The van der Waals surface area contributed by atoms with Crippen LogP contribution in [0.3, 0.4) is 0 Å². The van der Waals surface area contributed by atoms with Gasteiger partial charge in [0.1, 0.15) is 15.7 Å². The molecule has 0 aliphatic rings. The van der Waals surface area contributed by atoms with E-state index >= 15 is 0 Å². The number of aromatic nitrogens is 4. The van der Waals surface area contributed by atoms with Gasteiger partial charge in [-0.1, -0.05) is 67.1 Å². The molecule has 0 atom stereocenters. The summed E-state index contributed by atoms with van der Waals surface area (Å²) in [6.07, 6.45) is 1.15. The van der Waals surface area contributed by atoms with E-state index in [4.69, 9.17) is 16.3 Å². The topological polar surface area (TPSA) is 104 Å².